The van der Waals surface area contributed by atoms with Crippen molar-refractivity contribution in [3.63, 3.8) is 0 Å². The second kappa shape index (κ2) is 5.98. The zero-order valence-electron chi connectivity index (χ0n) is 13.1. The summed E-state index contributed by atoms with van der Waals surface area (Å²) in [7, 11) is 0. The molecule has 1 heterocycles. The van der Waals surface area contributed by atoms with Gasteiger partial charge in [-0.3, -0.25) is 4.79 Å². The molecule has 0 radical (unpaired) electrons. The minimum atomic E-state index is -0.856. The SMILES string of the molecule is O=C(NCc1ccc2c(c1)CNC2)C1CC1c1cccc(F)c1F. The number of nitrogens with one attached hydrogen (secondary N) is 2. The van der Waals surface area contributed by atoms with Gasteiger partial charge in [-0.15, -0.1) is 0 Å². The lowest BCUT2D eigenvalue weighted by Crippen LogP contribution is -2.25. The van der Waals surface area contributed by atoms with Crippen molar-refractivity contribution in [2.24, 2.45) is 5.92 Å². The van der Waals surface area contributed by atoms with Gasteiger partial charge in [0.25, 0.3) is 0 Å². The molecule has 2 atom stereocenters. The van der Waals surface area contributed by atoms with E-state index in [1.54, 1.807) is 6.07 Å². The smallest absolute Gasteiger partial charge is 0.224 e. The van der Waals surface area contributed by atoms with Crippen LogP contribution in [0.2, 0.25) is 0 Å². The van der Waals surface area contributed by atoms with Crippen molar-refractivity contribution in [3.05, 3.63) is 70.3 Å². The van der Waals surface area contributed by atoms with E-state index in [-0.39, 0.29) is 17.7 Å². The molecule has 0 saturated heterocycles. The Balaban J connectivity index is 1.37. The van der Waals surface area contributed by atoms with Gasteiger partial charge in [-0.25, -0.2) is 8.78 Å². The van der Waals surface area contributed by atoms with Crippen molar-refractivity contribution in [1.29, 1.82) is 0 Å². The van der Waals surface area contributed by atoms with Gasteiger partial charge >= 0.3 is 0 Å². The summed E-state index contributed by atoms with van der Waals surface area (Å²) in [6, 6.07) is 10.3. The quantitative estimate of drug-likeness (QED) is 0.906. The molecular weight excluding hydrogens is 310 g/mol. The zero-order chi connectivity index (χ0) is 16.7. The van der Waals surface area contributed by atoms with E-state index in [1.165, 1.54) is 17.2 Å². The Morgan fingerprint density at radius 1 is 1.17 bits per heavy atom. The van der Waals surface area contributed by atoms with Crippen molar-refractivity contribution in [2.45, 2.75) is 32.0 Å². The number of carbonyl (C=O) groups is 1. The Morgan fingerprint density at radius 2 is 2.00 bits per heavy atom. The third-order valence-corrected chi connectivity index (χ3v) is 4.88. The minimum absolute atomic E-state index is 0.0951. The first-order chi connectivity index (χ1) is 11.6. The van der Waals surface area contributed by atoms with Gasteiger partial charge in [0.2, 0.25) is 5.91 Å². The summed E-state index contributed by atoms with van der Waals surface area (Å²) >= 11 is 0. The fourth-order valence-corrected chi connectivity index (χ4v) is 3.41. The molecule has 2 aliphatic rings. The summed E-state index contributed by atoms with van der Waals surface area (Å²) in [4.78, 5) is 12.3. The van der Waals surface area contributed by atoms with Crippen LogP contribution in [-0.2, 0) is 24.4 Å². The summed E-state index contributed by atoms with van der Waals surface area (Å²) in [6.07, 6.45) is 0.570. The number of benzene rings is 2. The maximum Gasteiger partial charge on any atom is 0.224 e. The number of amides is 1. The molecule has 2 N–H and O–H groups in total. The normalized spacial score (nSPS) is 21.4. The van der Waals surface area contributed by atoms with Gasteiger partial charge in [0, 0.05) is 25.6 Å². The molecule has 124 valence electrons. The van der Waals surface area contributed by atoms with Crippen LogP contribution >= 0.6 is 0 Å². The van der Waals surface area contributed by atoms with Crippen LogP contribution in [0.1, 0.15) is 34.6 Å². The highest BCUT2D eigenvalue weighted by atomic mass is 19.2. The van der Waals surface area contributed by atoms with Crippen molar-refractivity contribution in [1.82, 2.24) is 10.6 Å². The topological polar surface area (TPSA) is 41.1 Å². The predicted molar refractivity (Wildman–Crippen MR) is 86.0 cm³/mol. The number of carbonyl (C=O) groups excluding carboxylic acids is 1. The van der Waals surface area contributed by atoms with Gasteiger partial charge in [0.15, 0.2) is 11.6 Å². The van der Waals surface area contributed by atoms with Gasteiger partial charge in [-0.05, 0) is 40.7 Å². The average Bonchev–Trinajstić information content (AvgIpc) is 3.24. The van der Waals surface area contributed by atoms with E-state index in [4.69, 9.17) is 0 Å². The molecule has 2 unspecified atom stereocenters. The maximum absolute atomic E-state index is 13.8. The van der Waals surface area contributed by atoms with Crippen LogP contribution < -0.4 is 10.6 Å². The Bertz CT molecular complexity index is 806. The molecular formula is C19H18F2N2O. The van der Waals surface area contributed by atoms with E-state index in [0.29, 0.717) is 18.5 Å². The third-order valence-electron chi connectivity index (χ3n) is 4.88. The summed E-state index contributed by atoms with van der Waals surface area (Å²) < 4.78 is 27.1. The third kappa shape index (κ3) is 2.80. The van der Waals surface area contributed by atoms with Crippen molar-refractivity contribution < 1.29 is 13.6 Å². The Morgan fingerprint density at radius 3 is 2.88 bits per heavy atom. The van der Waals surface area contributed by atoms with Crippen LogP contribution in [0.4, 0.5) is 8.78 Å². The summed E-state index contributed by atoms with van der Waals surface area (Å²) in [6.45, 7) is 2.21. The molecule has 0 aromatic heterocycles. The van der Waals surface area contributed by atoms with E-state index in [1.807, 2.05) is 6.07 Å². The monoisotopic (exact) mass is 328 g/mol. The van der Waals surface area contributed by atoms with E-state index in [9.17, 15) is 13.6 Å². The lowest BCUT2D eigenvalue weighted by molar-refractivity contribution is -0.122. The Labute approximate surface area is 139 Å². The molecule has 2 aromatic carbocycles. The van der Waals surface area contributed by atoms with E-state index < -0.39 is 11.6 Å². The molecule has 2 aromatic rings. The molecule has 1 aliphatic heterocycles. The average molecular weight is 328 g/mol. The Hall–Kier alpha value is -2.27. The molecule has 24 heavy (non-hydrogen) atoms. The van der Waals surface area contributed by atoms with Gasteiger partial charge in [-0.1, -0.05) is 30.3 Å². The molecule has 1 fully saturated rings. The molecule has 3 nitrogen and oxygen atoms in total. The van der Waals surface area contributed by atoms with Gasteiger partial charge in [-0.2, -0.15) is 0 Å². The number of hydrogen-bond donors (Lipinski definition) is 2. The number of fused-ring (bicyclic) bond motifs is 1. The lowest BCUT2D eigenvalue weighted by Gasteiger charge is -2.07. The molecule has 5 heteroatoms. The zero-order valence-corrected chi connectivity index (χ0v) is 13.1. The maximum atomic E-state index is 13.8. The van der Waals surface area contributed by atoms with Crippen LogP contribution in [-0.4, -0.2) is 5.91 Å². The van der Waals surface area contributed by atoms with Gasteiger partial charge in [0.1, 0.15) is 0 Å². The molecule has 1 saturated carbocycles. The fourth-order valence-electron chi connectivity index (χ4n) is 3.41. The second-order valence-corrected chi connectivity index (χ2v) is 6.52. The van der Waals surface area contributed by atoms with Crippen LogP contribution in [0.5, 0.6) is 0 Å². The van der Waals surface area contributed by atoms with Crippen molar-refractivity contribution in [3.8, 4) is 0 Å². The molecule has 1 aliphatic carbocycles. The lowest BCUT2D eigenvalue weighted by atomic mass is 10.1. The second-order valence-electron chi connectivity index (χ2n) is 6.52. The largest absolute Gasteiger partial charge is 0.352 e. The number of hydrogen-bond acceptors (Lipinski definition) is 2. The minimum Gasteiger partial charge on any atom is -0.352 e. The summed E-state index contributed by atoms with van der Waals surface area (Å²) in [5, 5.41) is 6.20. The molecule has 0 spiro atoms. The molecule has 1 amide bonds. The first-order valence-electron chi connectivity index (χ1n) is 8.16. The molecule has 4 rings (SSSR count). The van der Waals surface area contributed by atoms with Crippen molar-refractivity contribution in [2.75, 3.05) is 0 Å². The highest BCUT2D eigenvalue weighted by Gasteiger charge is 2.45. The fraction of sp³-hybridized carbons (Fsp3) is 0.316. The van der Waals surface area contributed by atoms with E-state index in [0.717, 1.165) is 24.7 Å². The predicted octanol–water partition coefficient (Wildman–Crippen LogP) is 2.99. The number of halogens is 2. The Kier molecular flexibility index (Phi) is 3.81. The van der Waals surface area contributed by atoms with E-state index >= 15 is 0 Å². The van der Waals surface area contributed by atoms with Crippen molar-refractivity contribution >= 4 is 5.91 Å². The summed E-state index contributed by atoms with van der Waals surface area (Å²) in [5.74, 6) is -2.26. The van der Waals surface area contributed by atoms with E-state index in [2.05, 4.69) is 22.8 Å². The highest BCUT2D eigenvalue weighted by molar-refractivity contribution is 5.82. The van der Waals surface area contributed by atoms with Crippen LogP contribution in [0.3, 0.4) is 0 Å². The molecule has 0 bridgehead atoms. The van der Waals surface area contributed by atoms with Crippen LogP contribution in [0, 0.1) is 17.6 Å². The van der Waals surface area contributed by atoms with Crippen LogP contribution in [0.15, 0.2) is 36.4 Å². The number of rotatable bonds is 4. The highest BCUT2D eigenvalue weighted by Crippen LogP contribution is 2.48. The standard InChI is InChI=1S/C19H18F2N2O/c20-17-3-1-2-14(18(17)21)15-7-16(15)19(24)23-8-11-4-5-12-9-22-10-13(12)6-11/h1-6,15-16,22H,7-10H2,(H,23,24). The van der Waals surface area contributed by atoms with Crippen LogP contribution in [0.25, 0.3) is 0 Å². The first-order valence-corrected chi connectivity index (χ1v) is 8.16. The van der Waals surface area contributed by atoms with Gasteiger partial charge < -0.3 is 10.6 Å². The first kappa shape index (κ1) is 15.3. The summed E-state index contributed by atoms with van der Waals surface area (Å²) in [5.41, 5.74) is 3.93. The van der Waals surface area contributed by atoms with Gasteiger partial charge in [0.05, 0.1) is 0 Å².